The summed E-state index contributed by atoms with van der Waals surface area (Å²) in [6.45, 7) is 10.1. The molecule has 3 nitrogen and oxygen atoms in total. The Balaban J connectivity index is 2.01. The molecule has 2 rings (SSSR count). The molecule has 0 saturated carbocycles. The zero-order valence-corrected chi connectivity index (χ0v) is 12.2. The van der Waals surface area contributed by atoms with Crippen LogP contribution in [0.15, 0.2) is 24.3 Å². The Labute approximate surface area is 115 Å². The van der Waals surface area contributed by atoms with E-state index in [1.165, 1.54) is 11.1 Å². The van der Waals surface area contributed by atoms with E-state index in [1.807, 2.05) is 0 Å². The van der Waals surface area contributed by atoms with Gasteiger partial charge in [-0.2, -0.15) is 0 Å². The molecule has 0 aromatic heterocycles. The first-order valence-electron chi connectivity index (χ1n) is 6.86. The first kappa shape index (κ1) is 14.1. The molecule has 1 fully saturated rings. The van der Waals surface area contributed by atoms with Crippen molar-refractivity contribution in [3.8, 4) is 0 Å². The number of hydrogen-bond acceptors (Lipinski definition) is 2. The topological polar surface area (TPSA) is 40.5 Å². The maximum atomic E-state index is 10.8. The van der Waals surface area contributed by atoms with Gasteiger partial charge in [0.25, 0.3) is 0 Å². The lowest BCUT2D eigenvalue weighted by atomic mass is 9.86. The minimum atomic E-state index is -0.675. The number of aliphatic carboxylic acids is 1. The quantitative estimate of drug-likeness (QED) is 0.909. The van der Waals surface area contributed by atoms with E-state index in [9.17, 15) is 4.79 Å². The van der Waals surface area contributed by atoms with Gasteiger partial charge in [-0.15, -0.1) is 0 Å². The number of carboxylic acids is 1. The second kappa shape index (κ2) is 4.97. The monoisotopic (exact) mass is 261 g/mol. The third-order valence-corrected chi connectivity index (χ3v) is 4.07. The lowest BCUT2D eigenvalue weighted by molar-refractivity contribution is -0.148. The van der Waals surface area contributed by atoms with Crippen LogP contribution in [0.4, 0.5) is 0 Å². The van der Waals surface area contributed by atoms with Crippen LogP contribution in [0.2, 0.25) is 0 Å². The van der Waals surface area contributed by atoms with Crippen molar-refractivity contribution in [3.05, 3.63) is 35.4 Å². The van der Waals surface area contributed by atoms with Gasteiger partial charge in [0, 0.05) is 19.1 Å². The number of hydrogen-bond donors (Lipinski definition) is 1. The standard InChI is InChI=1S/C16H23NO2/c1-11(17-9-13(10-17)15(18)19)12-5-7-14(8-6-12)16(2,3)4/h5-8,11,13H,9-10H2,1-4H3,(H,18,19). The van der Waals surface area contributed by atoms with Crippen molar-refractivity contribution in [1.29, 1.82) is 0 Å². The van der Waals surface area contributed by atoms with E-state index < -0.39 is 5.97 Å². The molecule has 0 amide bonds. The van der Waals surface area contributed by atoms with Crippen LogP contribution in [0.1, 0.15) is 44.9 Å². The highest BCUT2D eigenvalue weighted by atomic mass is 16.4. The molecular formula is C16H23NO2. The molecule has 1 atom stereocenters. The number of likely N-dealkylation sites (tertiary alicyclic amines) is 1. The van der Waals surface area contributed by atoms with E-state index in [-0.39, 0.29) is 11.3 Å². The smallest absolute Gasteiger partial charge is 0.309 e. The van der Waals surface area contributed by atoms with Gasteiger partial charge in [0.05, 0.1) is 5.92 Å². The minimum absolute atomic E-state index is 0.174. The zero-order valence-electron chi connectivity index (χ0n) is 12.2. The van der Waals surface area contributed by atoms with Crippen molar-refractivity contribution < 1.29 is 9.90 Å². The van der Waals surface area contributed by atoms with Crippen LogP contribution in [0.3, 0.4) is 0 Å². The first-order valence-corrected chi connectivity index (χ1v) is 6.86. The summed E-state index contributed by atoms with van der Waals surface area (Å²) in [6.07, 6.45) is 0. The van der Waals surface area contributed by atoms with Gasteiger partial charge >= 0.3 is 5.97 Å². The van der Waals surface area contributed by atoms with Crippen molar-refractivity contribution in [2.75, 3.05) is 13.1 Å². The molecule has 0 aliphatic carbocycles. The molecular weight excluding hydrogens is 238 g/mol. The van der Waals surface area contributed by atoms with Gasteiger partial charge in [-0.25, -0.2) is 0 Å². The van der Waals surface area contributed by atoms with E-state index in [1.54, 1.807) is 0 Å². The average molecular weight is 261 g/mol. The SMILES string of the molecule is CC(c1ccc(C(C)(C)C)cc1)N1CC(C(=O)O)C1. The van der Waals surface area contributed by atoms with E-state index in [0.29, 0.717) is 19.1 Å². The van der Waals surface area contributed by atoms with Crippen LogP contribution in [0.5, 0.6) is 0 Å². The van der Waals surface area contributed by atoms with E-state index in [4.69, 9.17) is 5.11 Å². The van der Waals surface area contributed by atoms with Crippen molar-refractivity contribution >= 4 is 5.97 Å². The number of rotatable bonds is 3. The molecule has 1 aromatic carbocycles. The molecule has 104 valence electrons. The highest BCUT2D eigenvalue weighted by molar-refractivity contribution is 5.71. The molecule has 0 bridgehead atoms. The highest BCUT2D eigenvalue weighted by Crippen LogP contribution is 2.30. The number of benzene rings is 1. The molecule has 1 N–H and O–H groups in total. The molecule has 0 spiro atoms. The molecule has 0 radical (unpaired) electrons. The van der Waals surface area contributed by atoms with Gasteiger partial charge < -0.3 is 5.11 Å². The Bertz CT molecular complexity index is 453. The van der Waals surface area contributed by atoms with Gasteiger partial charge in [-0.1, -0.05) is 45.0 Å². The maximum absolute atomic E-state index is 10.8. The Morgan fingerprint density at radius 1 is 1.26 bits per heavy atom. The Hall–Kier alpha value is -1.35. The van der Waals surface area contributed by atoms with Crippen LogP contribution >= 0.6 is 0 Å². The van der Waals surface area contributed by atoms with Crippen LogP contribution in [-0.2, 0) is 10.2 Å². The predicted molar refractivity (Wildman–Crippen MR) is 76.3 cm³/mol. The number of carbonyl (C=O) groups is 1. The third kappa shape index (κ3) is 2.98. The van der Waals surface area contributed by atoms with Gasteiger partial charge in [-0.05, 0) is 23.5 Å². The van der Waals surface area contributed by atoms with Crippen molar-refractivity contribution in [2.45, 2.75) is 39.2 Å². The average Bonchev–Trinajstić information content (AvgIpc) is 2.25. The van der Waals surface area contributed by atoms with Crippen molar-refractivity contribution in [3.63, 3.8) is 0 Å². The molecule has 19 heavy (non-hydrogen) atoms. The summed E-state index contributed by atoms with van der Waals surface area (Å²) in [6, 6.07) is 8.99. The first-order chi connectivity index (χ1) is 8.79. The Morgan fingerprint density at radius 2 is 1.79 bits per heavy atom. The fraction of sp³-hybridized carbons (Fsp3) is 0.562. The highest BCUT2D eigenvalue weighted by Gasteiger charge is 2.35. The fourth-order valence-corrected chi connectivity index (χ4v) is 2.46. The summed E-state index contributed by atoms with van der Waals surface area (Å²) >= 11 is 0. The molecule has 1 aromatic rings. The second-order valence-electron chi connectivity index (χ2n) is 6.54. The summed E-state index contributed by atoms with van der Waals surface area (Å²) < 4.78 is 0. The normalized spacial score (nSPS) is 18.9. The van der Waals surface area contributed by atoms with Gasteiger partial charge in [0.2, 0.25) is 0 Å². The lowest BCUT2D eigenvalue weighted by Crippen LogP contribution is -2.51. The minimum Gasteiger partial charge on any atom is -0.481 e. The van der Waals surface area contributed by atoms with Gasteiger partial charge in [0.15, 0.2) is 0 Å². The molecule has 1 saturated heterocycles. The lowest BCUT2D eigenvalue weighted by Gasteiger charge is -2.41. The van der Waals surface area contributed by atoms with Crippen molar-refractivity contribution in [1.82, 2.24) is 4.90 Å². The molecule has 1 aliphatic rings. The molecule has 1 unspecified atom stereocenters. The van der Waals surface area contributed by atoms with Crippen LogP contribution < -0.4 is 0 Å². The fourth-order valence-electron chi connectivity index (χ4n) is 2.46. The zero-order chi connectivity index (χ0) is 14.2. The van der Waals surface area contributed by atoms with Gasteiger partial charge in [0.1, 0.15) is 0 Å². The number of carboxylic acid groups (broad SMARTS) is 1. The van der Waals surface area contributed by atoms with Crippen LogP contribution in [-0.4, -0.2) is 29.1 Å². The Morgan fingerprint density at radius 3 is 2.21 bits per heavy atom. The van der Waals surface area contributed by atoms with Crippen molar-refractivity contribution in [2.24, 2.45) is 5.92 Å². The summed E-state index contributed by atoms with van der Waals surface area (Å²) in [5.41, 5.74) is 2.76. The third-order valence-electron chi connectivity index (χ3n) is 4.07. The largest absolute Gasteiger partial charge is 0.481 e. The molecule has 3 heteroatoms. The van der Waals surface area contributed by atoms with Gasteiger partial charge in [-0.3, -0.25) is 9.69 Å². The second-order valence-corrected chi connectivity index (χ2v) is 6.54. The molecule has 1 heterocycles. The summed E-state index contributed by atoms with van der Waals surface area (Å²) in [5, 5.41) is 8.90. The maximum Gasteiger partial charge on any atom is 0.309 e. The predicted octanol–water partition coefficient (Wildman–Crippen LogP) is 3.06. The van der Waals surface area contributed by atoms with Crippen LogP contribution in [0, 0.1) is 5.92 Å². The van der Waals surface area contributed by atoms with Crippen LogP contribution in [0.25, 0.3) is 0 Å². The van der Waals surface area contributed by atoms with E-state index in [2.05, 4.69) is 56.9 Å². The number of nitrogens with zero attached hydrogens (tertiary/aromatic N) is 1. The summed E-state index contributed by atoms with van der Waals surface area (Å²) in [5.74, 6) is -0.858. The summed E-state index contributed by atoms with van der Waals surface area (Å²) in [7, 11) is 0. The van der Waals surface area contributed by atoms with E-state index >= 15 is 0 Å². The summed E-state index contributed by atoms with van der Waals surface area (Å²) in [4.78, 5) is 13.0. The Kier molecular flexibility index (Phi) is 3.68. The molecule has 1 aliphatic heterocycles. The van der Waals surface area contributed by atoms with E-state index in [0.717, 1.165) is 0 Å².